The van der Waals surface area contributed by atoms with E-state index in [1.807, 2.05) is 0 Å². The van der Waals surface area contributed by atoms with Crippen LogP contribution in [0.25, 0.3) is 0 Å². The fraction of sp³-hybridized carbons (Fsp3) is 0.824. The Hall–Kier alpha value is -0.830. The third-order valence-electron chi connectivity index (χ3n) is 5.07. The molecule has 1 aromatic rings. The van der Waals surface area contributed by atoms with E-state index in [1.165, 1.54) is 31.4 Å². The van der Waals surface area contributed by atoms with Crippen LogP contribution in [-0.4, -0.2) is 15.3 Å². The summed E-state index contributed by atoms with van der Waals surface area (Å²) in [6, 6.07) is 2.70. The van der Waals surface area contributed by atoms with E-state index in [2.05, 4.69) is 37.7 Å². The maximum Gasteiger partial charge on any atom is 0.0643 e. The van der Waals surface area contributed by atoms with Crippen molar-refractivity contribution in [3.8, 4) is 0 Å². The molecule has 2 N–H and O–H groups in total. The van der Waals surface area contributed by atoms with E-state index in [-0.39, 0.29) is 5.54 Å². The molecular weight excluding hydrogens is 246 g/mol. The van der Waals surface area contributed by atoms with Crippen molar-refractivity contribution < 1.29 is 0 Å². The minimum Gasteiger partial charge on any atom is -0.325 e. The molecule has 0 aromatic carbocycles. The molecule has 1 fully saturated rings. The Balaban J connectivity index is 2.02. The van der Waals surface area contributed by atoms with Crippen molar-refractivity contribution >= 4 is 0 Å². The molecule has 0 saturated heterocycles. The maximum atomic E-state index is 6.66. The summed E-state index contributed by atoms with van der Waals surface area (Å²) in [5.74, 6) is 0.815. The Morgan fingerprint density at radius 1 is 1.40 bits per heavy atom. The van der Waals surface area contributed by atoms with Crippen LogP contribution >= 0.6 is 0 Å². The summed E-state index contributed by atoms with van der Waals surface area (Å²) < 4.78 is 2.14. The number of aromatic nitrogens is 2. The molecule has 2 unspecified atom stereocenters. The largest absolute Gasteiger partial charge is 0.325 e. The van der Waals surface area contributed by atoms with Crippen molar-refractivity contribution in [2.24, 2.45) is 11.7 Å². The number of nitrogens with zero attached hydrogens (tertiary/aromatic N) is 2. The molecule has 114 valence electrons. The quantitative estimate of drug-likeness (QED) is 0.851. The van der Waals surface area contributed by atoms with Gasteiger partial charge >= 0.3 is 0 Å². The van der Waals surface area contributed by atoms with Gasteiger partial charge in [-0.15, -0.1) is 0 Å². The van der Waals surface area contributed by atoms with Crippen LogP contribution in [0.1, 0.15) is 77.5 Å². The molecule has 1 saturated carbocycles. The van der Waals surface area contributed by atoms with E-state index in [0.29, 0.717) is 6.04 Å². The topological polar surface area (TPSA) is 43.8 Å². The van der Waals surface area contributed by atoms with E-state index in [0.717, 1.165) is 31.6 Å². The first-order valence-corrected chi connectivity index (χ1v) is 8.43. The molecule has 0 amide bonds. The summed E-state index contributed by atoms with van der Waals surface area (Å²) in [7, 11) is 0. The normalized spacial score (nSPS) is 27.1. The van der Waals surface area contributed by atoms with Crippen LogP contribution in [0.3, 0.4) is 0 Å². The first-order valence-electron chi connectivity index (χ1n) is 8.43. The summed E-state index contributed by atoms with van der Waals surface area (Å²) in [6.07, 6.45) is 11.6. The van der Waals surface area contributed by atoms with Gasteiger partial charge in [0.05, 0.1) is 11.7 Å². The van der Waals surface area contributed by atoms with Gasteiger partial charge in [0.15, 0.2) is 0 Å². The number of rotatable bonds is 6. The SMILES string of the molecule is CCC1CCCC(N)(Cc2ccn(C(CC)CC)n2)C1. The zero-order chi connectivity index (χ0) is 14.6. The molecule has 1 aromatic heterocycles. The highest BCUT2D eigenvalue weighted by Crippen LogP contribution is 2.34. The Morgan fingerprint density at radius 3 is 2.80 bits per heavy atom. The van der Waals surface area contributed by atoms with Gasteiger partial charge in [0.1, 0.15) is 0 Å². The van der Waals surface area contributed by atoms with Gasteiger partial charge in [-0.3, -0.25) is 4.68 Å². The zero-order valence-electron chi connectivity index (χ0n) is 13.4. The van der Waals surface area contributed by atoms with Crippen LogP contribution in [0.2, 0.25) is 0 Å². The van der Waals surface area contributed by atoms with Crippen LogP contribution < -0.4 is 5.73 Å². The van der Waals surface area contributed by atoms with Crippen molar-refractivity contribution in [1.82, 2.24) is 9.78 Å². The van der Waals surface area contributed by atoms with Crippen LogP contribution in [0.4, 0.5) is 0 Å². The average molecular weight is 277 g/mol. The Labute approximate surface area is 123 Å². The third kappa shape index (κ3) is 3.63. The highest BCUT2D eigenvalue weighted by atomic mass is 15.3. The van der Waals surface area contributed by atoms with Crippen LogP contribution in [-0.2, 0) is 6.42 Å². The van der Waals surface area contributed by atoms with Gasteiger partial charge < -0.3 is 5.73 Å². The average Bonchev–Trinajstić information content (AvgIpc) is 2.87. The van der Waals surface area contributed by atoms with Crippen molar-refractivity contribution in [2.75, 3.05) is 0 Å². The van der Waals surface area contributed by atoms with Crippen LogP contribution in [0.15, 0.2) is 12.3 Å². The fourth-order valence-electron chi connectivity index (χ4n) is 3.73. The molecule has 0 aliphatic heterocycles. The summed E-state index contributed by atoms with van der Waals surface area (Å²) >= 11 is 0. The Kier molecular flexibility index (Phi) is 5.25. The molecule has 0 spiro atoms. The molecule has 3 nitrogen and oxygen atoms in total. The predicted octanol–water partition coefficient (Wildman–Crippen LogP) is 4.08. The monoisotopic (exact) mass is 277 g/mol. The smallest absolute Gasteiger partial charge is 0.0643 e. The molecule has 2 atom stereocenters. The fourth-order valence-corrected chi connectivity index (χ4v) is 3.73. The lowest BCUT2D eigenvalue weighted by Crippen LogP contribution is -2.46. The lowest BCUT2D eigenvalue weighted by molar-refractivity contribution is 0.216. The number of hydrogen-bond acceptors (Lipinski definition) is 2. The van der Waals surface area contributed by atoms with Gasteiger partial charge in [-0.25, -0.2) is 0 Å². The molecule has 0 radical (unpaired) electrons. The molecule has 20 heavy (non-hydrogen) atoms. The predicted molar refractivity (Wildman–Crippen MR) is 84.7 cm³/mol. The zero-order valence-corrected chi connectivity index (χ0v) is 13.4. The lowest BCUT2D eigenvalue weighted by Gasteiger charge is -2.37. The van der Waals surface area contributed by atoms with Gasteiger partial charge in [-0.1, -0.05) is 40.0 Å². The third-order valence-corrected chi connectivity index (χ3v) is 5.07. The summed E-state index contributed by atoms with van der Waals surface area (Å²) in [6.45, 7) is 6.75. The van der Waals surface area contributed by atoms with E-state index in [9.17, 15) is 0 Å². The minimum absolute atomic E-state index is 0.0218. The molecule has 0 bridgehead atoms. The maximum absolute atomic E-state index is 6.66. The van der Waals surface area contributed by atoms with Gasteiger partial charge in [-0.2, -0.15) is 5.10 Å². The molecule has 1 aliphatic carbocycles. The van der Waals surface area contributed by atoms with Crippen LogP contribution in [0, 0.1) is 5.92 Å². The van der Waals surface area contributed by atoms with Crippen molar-refractivity contribution in [2.45, 2.75) is 83.7 Å². The summed E-state index contributed by atoms with van der Waals surface area (Å²) in [4.78, 5) is 0. The van der Waals surface area contributed by atoms with Gasteiger partial charge in [0.2, 0.25) is 0 Å². The van der Waals surface area contributed by atoms with Gasteiger partial charge in [0.25, 0.3) is 0 Å². The summed E-state index contributed by atoms with van der Waals surface area (Å²) in [5, 5.41) is 4.78. The minimum atomic E-state index is -0.0218. The standard InChI is InChI=1S/C17H31N3/c1-4-14-8-7-10-17(18,12-14)13-15-9-11-20(19-15)16(5-2)6-3/h9,11,14,16H,4-8,10,12-13,18H2,1-3H3. The van der Waals surface area contributed by atoms with Crippen molar-refractivity contribution in [1.29, 1.82) is 0 Å². The highest BCUT2D eigenvalue weighted by Gasteiger charge is 2.32. The first-order chi connectivity index (χ1) is 9.60. The molecule has 1 heterocycles. The molecular formula is C17H31N3. The van der Waals surface area contributed by atoms with Crippen molar-refractivity contribution in [3.63, 3.8) is 0 Å². The number of hydrogen-bond donors (Lipinski definition) is 1. The molecule has 3 heteroatoms. The van der Waals surface area contributed by atoms with Crippen molar-refractivity contribution in [3.05, 3.63) is 18.0 Å². The highest BCUT2D eigenvalue weighted by molar-refractivity contribution is 5.07. The molecule has 2 rings (SSSR count). The van der Waals surface area contributed by atoms with E-state index in [4.69, 9.17) is 10.8 Å². The second-order valence-electron chi connectivity index (χ2n) is 6.67. The van der Waals surface area contributed by atoms with Gasteiger partial charge in [-0.05, 0) is 37.7 Å². The lowest BCUT2D eigenvalue weighted by atomic mass is 9.73. The second-order valence-corrected chi connectivity index (χ2v) is 6.67. The van der Waals surface area contributed by atoms with E-state index < -0.39 is 0 Å². The van der Waals surface area contributed by atoms with E-state index in [1.54, 1.807) is 0 Å². The first kappa shape index (κ1) is 15.6. The van der Waals surface area contributed by atoms with Gasteiger partial charge in [0, 0.05) is 18.2 Å². The Bertz CT molecular complexity index is 408. The second kappa shape index (κ2) is 6.75. The molecule has 1 aliphatic rings. The number of nitrogens with two attached hydrogens (primary N) is 1. The van der Waals surface area contributed by atoms with Crippen LogP contribution in [0.5, 0.6) is 0 Å². The summed E-state index contributed by atoms with van der Waals surface area (Å²) in [5.41, 5.74) is 7.81. The van der Waals surface area contributed by atoms with E-state index >= 15 is 0 Å². The Morgan fingerprint density at radius 2 is 2.15 bits per heavy atom.